The molecule has 4 rings (SSSR count). The molecule has 0 fully saturated rings. The van der Waals surface area contributed by atoms with Gasteiger partial charge in [-0.25, -0.2) is 10.1 Å². The first-order valence-corrected chi connectivity index (χ1v) is 8.94. The molecule has 0 bridgehead atoms. The molecule has 1 aliphatic rings. The summed E-state index contributed by atoms with van der Waals surface area (Å²) >= 11 is 0. The molecule has 0 spiro atoms. The predicted molar refractivity (Wildman–Crippen MR) is 103 cm³/mol. The van der Waals surface area contributed by atoms with Gasteiger partial charge in [-0.05, 0) is 47.7 Å². The van der Waals surface area contributed by atoms with Gasteiger partial charge in [-0.1, -0.05) is 12.1 Å². The number of hydrogen-bond acceptors (Lipinski definition) is 8. The molecule has 1 aliphatic heterocycles. The van der Waals surface area contributed by atoms with E-state index in [2.05, 4.69) is 26.1 Å². The van der Waals surface area contributed by atoms with Crippen LogP contribution < -0.4 is 19.6 Å². The molecule has 10 heteroatoms. The van der Waals surface area contributed by atoms with E-state index < -0.39 is 0 Å². The number of nitrogens with one attached hydrogen (secondary N) is 1. The van der Waals surface area contributed by atoms with E-state index in [9.17, 15) is 4.79 Å². The number of benzene rings is 2. The average Bonchev–Trinajstić information content (AvgIpc) is 3.38. The second kappa shape index (κ2) is 8.38. The van der Waals surface area contributed by atoms with Crippen LogP contribution in [0, 0.1) is 0 Å². The van der Waals surface area contributed by atoms with Crippen LogP contribution in [0.25, 0.3) is 11.4 Å². The van der Waals surface area contributed by atoms with Crippen LogP contribution in [-0.2, 0) is 11.3 Å². The molecular weight excluding hydrogens is 376 g/mol. The number of aromatic nitrogens is 4. The van der Waals surface area contributed by atoms with Gasteiger partial charge in [0, 0.05) is 11.1 Å². The normalized spacial score (nSPS) is 12.3. The predicted octanol–water partition coefficient (Wildman–Crippen LogP) is 1.62. The molecular formula is C19H18N6O4. The number of ether oxygens (including phenoxy) is 3. The van der Waals surface area contributed by atoms with Gasteiger partial charge >= 0.3 is 0 Å². The summed E-state index contributed by atoms with van der Waals surface area (Å²) in [5.41, 5.74) is 3.94. The summed E-state index contributed by atoms with van der Waals surface area (Å²) in [5.74, 6) is 2.03. The number of hydrogen-bond donors (Lipinski definition) is 1. The van der Waals surface area contributed by atoms with Crippen molar-refractivity contribution in [3.63, 3.8) is 0 Å². The number of carbonyl (C=O) groups excluding carboxylic acids is 1. The number of amides is 1. The third-order valence-electron chi connectivity index (χ3n) is 4.07. The molecule has 2 aromatic carbocycles. The third-order valence-corrected chi connectivity index (χ3v) is 4.07. The highest BCUT2D eigenvalue weighted by molar-refractivity contribution is 5.85. The smallest absolute Gasteiger partial charge is 0.261 e. The van der Waals surface area contributed by atoms with Gasteiger partial charge in [-0.2, -0.15) is 5.10 Å². The van der Waals surface area contributed by atoms with Gasteiger partial charge in [0.05, 0.1) is 12.8 Å². The number of rotatable bonds is 7. The van der Waals surface area contributed by atoms with Crippen LogP contribution in [0.3, 0.4) is 0 Å². The molecule has 0 radical (unpaired) electrons. The minimum absolute atomic E-state index is 0.0960. The van der Waals surface area contributed by atoms with Crippen molar-refractivity contribution < 1.29 is 19.0 Å². The highest BCUT2D eigenvalue weighted by atomic mass is 16.7. The van der Waals surface area contributed by atoms with Gasteiger partial charge in [0.25, 0.3) is 5.91 Å². The minimum Gasteiger partial charge on any atom is -0.493 e. The number of carbonyl (C=O) groups is 1. The summed E-state index contributed by atoms with van der Waals surface area (Å²) in [4.78, 5) is 12.3. The first-order chi connectivity index (χ1) is 14.2. The highest BCUT2D eigenvalue weighted by Gasteiger charge is 2.18. The Bertz CT molecular complexity index is 1050. The fraction of sp³-hybridized carbons (Fsp3) is 0.211. The van der Waals surface area contributed by atoms with Gasteiger partial charge in [0.2, 0.25) is 6.79 Å². The Hall–Kier alpha value is -3.95. The van der Waals surface area contributed by atoms with Gasteiger partial charge in [-0.3, -0.25) is 4.79 Å². The van der Waals surface area contributed by atoms with E-state index in [0.29, 0.717) is 35.2 Å². The Morgan fingerprint density at radius 1 is 1.28 bits per heavy atom. The molecule has 0 saturated heterocycles. The Kier molecular flexibility index (Phi) is 5.32. The quantitative estimate of drug-likeness (QED) is 0.478. The molecule has 0 atom stereocenters. The van der Waals surface area contributed by atoms with Crippen molar-refractivity contribution in [1.29, 1.82) is 0 Å². The van der Waals surface area contributed by atoms with E-state index in [1.54, 1.807) is 18.2 Å². The van der Waals surface area contributed by atoms with Gasteiger partial charge in [0.1, 0.15) is 12.3 Å². The molecule has 3 aromatic rings. The summed E-state index contributed by atoms with van der Waals surface area (Å²) in [6.07, 6.45) is 1.53. The van der Waals surface area contributed by atoms with E-state index >= 15 is 0 Å². The number of tetrazole rings is 1. The van der Waals surface area contributed by atoms with Gasteiger partial charge < -0.3 is 14.2 Å². The highest BCUT2D eigenvalue weighted by Crippen LogP contribution is 2.35. The lowest BCUT2D eigenvalue weighted by Crippen LogP contribution is -2.24. The SMILES string of the molecule is CCOc1ccccc1/C=N/NC(=O)Cn1nnnc1-c1ccc2c(c1)OCO2. The van der Waals surface area contributed by atoms with Crippen LogP contribution in [-0.4, -0.2) is 45.7 Å². The zero-order valence-electron chi connectivity index (χ0n) is 15.6. The van der Waals surface area contributed by atoms with Crippen LogP contribution in [0.5, 0.6) is 17.2 Å². The van der Waals surface area contributed by atoms with Crippen molar-refractivity contribution in [2.45, 2.75) is 13.5 Å². The van der Waals surface area contributed by atoms with Gasteiger partial charge in [0.15, 0.2) is 17.3 Å². The van der Waals surface area contributed by atoms with E-state index in [1.165, 1.54) is 10.9 Å². The summed E-state index contributed by atoms with van der Waals surface area (Å²) in [6, 6.07) is 12.8. The van der Waals surface area contributed by atoms with Crippen molar-refractivity contribution in [3.8, 4) is 28.6 Å². The van der Waals surface area contributed by atoms with E-state index in [1.807, 2.05) is 31.2 Å². The Labute approximate surface area is 166 Å². The van der Waals surface area contributed by atoms with Crippen molar-refractivity contribution in [3.05, 3.63) is 48.0 Å². The molecule has 1 amide bonds. The zero-order chi connectivity index (χ0) is 20.1. The number of para-hydroxylation sites is 1. The summed E-state index contributed by atoms with van der Waals surface area (Å²) in [6.45, 7) is 2.52. The van der Waals surface area contributed by atoms with Crippen LogP contribution in [0.15, 0.2) is 47.6 Å². The molecule has 1 N–H and O–H groups in total. The maximum Gasteiger partial charge on any atom is 0.261 e. The van der Waals surface area contributed by atoms with Crippen molar-refractivity contribution >= 4 is 12.1 Å². The lowest BCUT2D eigenvalue weighted by atomic mass is 10.2. The molecule has 1 aromatic heterocycles. The molecule has 2 heterocycles. The van der Waals surface area contributed by atoms with Crippen molar-refractivity contribution in [1.82, 2.24) is 25.6 Å². The maximum atomic E-state index is 12.3. The molecule has 0 aliphatic carbocycles. The second-order valence-electron chi connectivity index (χ2n) is 5.99. The molecule has 0 saturated carbocycles. The lowest BCUT2D eigenvalue weighted by Gasteiger charge is -2.06. The molecule has 29 heavy (non-hydrogen) atoms. The fourth-order valence-electron chi connectivity index (χ4n) is 2.77. The number of nitrogens with zero attached hydrogens (tertiary/aromatic N) is 5. The molecule has 148 valence electrons. The summed E-state index contributed by atoms with van der Waals surface area (Å²) < 4.78 is 17.6. The van der Waals surface area contributed by atoms with Crippen LogP contribution in [0.2, 0.25) is 0 Å². The summed E-state index contributed by atoms with van der Waals surface area (Å²) in [7, 11) is 0. The fourth-order valence-corrected chi connectivity index (χ4v) is 2.77. The number of fused-ring (bicyclic) bond motifs is 1. The Balaban J connectivity index is 1.42. The van der Waals surface area contributed by atoms with E-state index in [0.717, 1.165) is 5.56 Å². The average molecular weight is 394 g/mol. The van der Waals surface area contributed by atoms with Crippen molar-refractivity contribution in [2.75, 3.05) is 13.4 Å². The largest absolute Gasteiger partial charge is 0.493 e. The first kappa shape index (κ1) is 18.4. The molecule has 10 nitrogen and oxygen atoms in total. The van der Waals surface area contributed by atoms with E-state index in [-0.39, 0.29) is 19.2 Å². The topological polar surface area (TPSA) is 113 Å². The third kappa shape index (κ3) is 4.15. The monoisotopic (exact) mass is 394 g/mol. The summed E-state index contributed by atoms with van der Waals surface area (Å²) in [5, 5.41) is 15.5. The van der Waals surface area contributed by atoms with Crippen LogP contribution in [0.1, 0.15) is 12.5 Å². The maximum absolute atomic E-state index is 12.3. The number of hydrazone groups is 1. The minimum atomic E-state index is -0.371. The standard InChI is InChI=1S/C19H18N6O4/c1-2-27-15-6-4-3-5-14(15)10-20-21-18(26)11-25-19(22-23-24-25)13-7-8-16-17(9-13)29-12-28-16/h3-10H,2,11-12H2,1H3,(H,21,26)/b20-10+. The first-order valence-electron chi connectivity index (χ1n) is 8.94. The second-order valence-corrected chi connectivity index (χ2v) is 5.99. The van der Waals surface area contributed by atoms with Crippen LogP contribution >= 0.6 is 0 Å². The molecule has 0 unspecified atom stereocenters. The van der Waals surface area contributed by atoms with Crippen LogP contribution in [0.4, 0.5) is 0 Å². The van der Waals surface area contributed by atoms with Crippen molar-refractivity contribution in [2.24, 2.45) is 5.10 Å². The lowest BCUT2D eigenvalue weighted by molar-refractivity contribution is -0.121. The Morgan fingerprint density at radius 3 is 3.03 bits per heavy atom. The Morgan fingerprint density at radius 2 is 2.14 bits per heavy atom. The zero-order valence-corrected chi connectivity index (χ0v) is 15.6. The van der Waals surface area contributed by atoms with E-state index in [4.69, 9.17) is 14.2 Å². The van der Waals surface area contributed by atoms with Gasteiger partial charge in [-0.15, -0.1) is 5.10 Å².